The number of pyridine rings is 1. The maximum Gasteiger partial charge on any atom is 0.271 e. The number of hydrogen-bond donors (Lipinski definition) is 3. The fourth-order valence-electron chi connectivity index (χ4n) is 2.32. The Kier molecular flexibility index (Phi) is 5.29. The molecule has 0 saturated heterocycles. The monoisotopic (exact) mass is 365 g/mol. The number of aromatic nitrogens is 1. The van der Waals surface area contributed by atoms with Gasteiger partial charge in [-0.1, -0.05) is 12.1 Å². The number of aromatic hydroxyl groups is 1. The average molecular weight is 365 g/mol. The minimum absolute atomic E-state index is 0.0998. The molecule has 1 aromatic heterocycles. The highest BCUT2D eigenvalue weighted by molar-refractivity contribution is 7.89. The lowest BCUT2D eigenvalue weighted by Crippen LogP contribution is -2.30. The van der Waals surface area contributed by atoms with E-state index in [4.69, 9.17) is 0 Å². The van der Waals surface area contributed by atoms with Gasteiger partial charge >= 0.3 is 0 Å². The molecule has 0 aliphatic rings. The van der Waals surface area contributed by atoms with E-state index in [0.717, 1.165) is 11.6 Å². The number of aryl methyl sites for hydroxylation is 1. The number of carbonyl (C=O) groups is 1. The van der Waals surface area contributed by atoms with Gasteiger partial charge in [0.25, 0.3) is 5.91 Å². The first-order valence-electron chi connectivity index (χ1n) is 7.37. The molecule has 0 radical (unpaired) electrons. The topological polar surface area (TPSA) is 118 Å². The van der Waals surface area contributed by atoms with Crippen LogP contribution in [0.2, 0.25) is 0 Å². The number of hydrogen-bond acceptors (Lipinski definition) is 5. The van der Waals surface area contributed by atoms with E-state index in [1.54, 1.807) is 19.1 Å². The van der Waals surface area contributed by atoms with Gasteiger partial charge in [-0.3, -0.25) is 9.59 Å². The molecule has 2 rings (SSSR count). The molecule has 0 atom stereocenters. The van der Waals surface area contributed by atoms with Crippen LogP contribution in [0.3, 0.4) is 0 Å². The second-order valence-electron chi connectivity index (χ2n) is 5.48. The molecule has 0 unspecified atom stereocenters. The summed E-state index contributed by atoms with van der Waals surface area (Å²) in [5.74, 6) is -1.34. The predicted molar refractivity (Wildman–Crippen MR) is 91.9 cm³/mol. The Balaban J connectivity index is 2.37. The maximum atomic E-state index is 12.4. The molecule has 0 bridgehead atoms. The third-order valence-corrected chi connectivity index (χ3v) is 5.11. The van der Waals surface area contributed by atoms with Crippen molar-refractivity contribution in [2.75, 3.05) is 7.05 Å². The number of benzene rings is 1. The fourth-order valence-corrected chi connectivity index (χ4v) is 3.42. The minimum Gasteiger partial charge on any atom is -0.503 e. The molecular weight excluding hydrogens is 346 g/mol. The van der Waals surface area contributed by atoms with Crippen LogP contribution in [0.1, 0.15) is 21.7 Å². The van der Waals surface area contributed by atoms with Gasteiger partial charge in [-0.05, 0) is 24.6 Å². The predicted octanol–water partition coefficient (Wildman–Crippen LogP) is 0.237. The highest BCUT2D eigenvalue weighted by Gasteiger charge is 2.20. The Labute approximate surface area is 145 Å². The van der Waals surface area contributed by atoms with Crippen molar-refractivity contribution in [2.45, 2.75) is 18.4 Å². The Morgan fingerprint density at radius 1 is 1.28 bits per heavy atom. The number of amides is 1. The molecule has 8 nitrogen and oxygen atoms in total. The van der Waals surface area contributed by atoms with Gasteiger partial charge in [0, 0.05) is 25.9 Å². The Hall–Kier alpha value is -2.65. The van der Waals surface area contributed by atoms with Gasteiger partial charge in [-0.25, -0.2) is 13.1 Å². The molecule has 0 aliphatic carbocycles. The maximum absolute atomic E-state index is 12.4. The normalized spacial score (nSPS) is 11.3. The van der Waals surface area contributed by atoms with Crippen LogP contribution in [0.25, 0.3) is 0 Å². The first-order valence-corrected chi connectivity index (χ1v) is 8.86. The lowest BCUT2D eigenvalue weighted by Gasteiger charge is -2.15. The lowest BCUT2D eigenvalue weighted by atomic mass is 10.2. The SMILES string of the molecule is CNC(=O)c1c(O)c(=O)cc(CNS(=O)(=O)c2cccc(C)c2)n1C. The van der Waals surface area contributed by atoms with Crippen molar-refractivity contribution < 1.29 is 18.3 Å². The van der Waals surface area contributed by atoms with Crippen LogP contribution in [0.15, 0.2) is 40.0 Å². The largest absolute Gasteiger partial charge is 0.503 e. The average Bonchev–Trinajstić information content (AvgIpc) is 2.57. The summed E-state index contributed by atoms with van der Waals surface area (Å²) >= 11 is 0. The van der Waals surface area contributed by atoms with E-state index in [1.165, 1.54) is 30.8 Å². The first-order chi connectivity index (χ1) is 11.7. The van der Waals surface area contributed by atoms with Crippen LogP contribution >= 0.6 is 0 Å². The summed E-state index contributed by atoms with van der Waals surface area (Å²) < 4.78 is 28.4. The molecule has 3 N–H and O–H groups in total. The van der Waals surface area contributed by atoms with Crippen LogP contribution in [0.5, 0.6) is 5.75 Å². The fraction of sp³-hybridized carbons (Fsp3) is 0.250. The zero-order valence-electron chi connectivity index (χ0n) is 14.0. The van der Waals surface area contributed by atoms with E-state index in [9.17, 15) is 23.1 Å². The van der Waals surface area contributed by atoms with Crippen LogP contribution in [0, 0.1) is 6.92 Å². The van der Waals surface area contributed by atoms with Crippen LogP contribution in [-0.2, 0) is 23.6 Å². The van der Waals surface area contributed by atoms with Crippen molar-refractivity contribution in [2.24, 2.45) is 7.05 Å². The first kappa shape index (κ1) is 18.7. The molecule has 9 heteroatoms. The second-order valence-corrected chi connectivity index (χ2v) is 7.24. The summed E-state index contributed by atoms with van der Waals surface area (Å²) in [6.07, 6.45) is 0. The molecule has 0 aliphatic heterocycles. The minimum atomic E-state index is -3.79. The molecule has 1 heterocycles. The van der Waals surface area contributed by atoms with Gasteiger partial charge in [0.2, 0.25) is 15.5 Å². The molecule has 0 spiro atoms. The van der Waals surface area contributed by atoms with E-state index >= 15 is 0 Å². The summed E-state index contributed by atoms with van der Waals surface area (Å²) in [5.41, 5.74) is 0.0284. The molecular formula is C16H19N3O5S. The third kappa shape index (κ3) is 3.89. The van der Waals surface area contributed by atoms with Gasteiger partial charge in [0.05, 0.1) is 11.4 Å². The standard InChI is InChI=1S/C16H19N3O5S/c1-10-5-4-6-12(7-10)25(23,24)18-9-11-8-13(20)15(21)14(19(11)3)16(22)17-2/h4-8,18,21H,9H2,1-3H3,(H,17,22). The van der Waals surface area contributed by atoms with Crippen LogP contribution < -0.4 is 15.5 Å². The third-order valence-electron chi connectivity index (χ3n) is 3.71. The van der Waals surface area contributed by atoms with Crippen molar-refractivity contribution in [3.05, 3.63) is 57.5 Å². The molecule has 1 amide bonds. The summed E-state index contributed by atoms with van der Waals surface area (Å²) in [6, 6.07) is 7.47. The van der Waals surface area contributed by atoms with E-state index in [2.05, 4.69) is 10.0 Å². The van der Waals surface area contributed by atoms with Crippen molar-refractivity contribution in [1.29, 1.82) is 0 Å². The van der Waals surface area contributed by atoms with Crippen LogP contribution in [0.4, 0.5) is 0 Å². The Bertz CT molecular complexity index is 980. The Morgan fingerprint density at radius 2 is 1.96 bits per heavy atom. The van der Waals surface area contributed by atoms with Gasteiger partial charge < -0.3 is 15.0 Å². The number of carbonyl (C=O) groups excluding carboxylic acids is 1. The summed E-state index contributed by atoms with van der Waals surface area (Å²) in [4.78, 5) is 23.8. The quantitative estimate of drug-likeness (QED) is 0.701. The number of nitrogens with one attached hydrogen (secondary N) is 2. The van der Waals surface area contributed by atoms with Gasteiger partial charge in [-0.15, -0.1) is 0 Å². The van der Waals surface area contributed by atoms with Crippen molar-refractivity contribution >= 4 is 15.9 Å². The van der Waals surface area contributed by atoms with Gasteiger partial charge in [0.1, 0.15) is 0 Å². The van der Waals surface area contributed by atoms with E-state index in [-0.39, 0.29) is 22.8 Å². The van der Waals surface area contributed by atoms with Crippen LogP contribution in [-0.4, -0.2) is 31.0 Å². The number of sulfonamides is 1. The van der Waals surface area contributed by atoms with E-state index < -0.39 is 27.1 Å². The molecule has 25 heavy (non-hydrogen) atoms. The van der Waals surface area contributed by atoms with Gasteiger partial charge in [-0.2, -0.15) is 0 Å². The van der Waals surface area contributed by atoms with Gasteiger partial charge in [0.15, 0.2) is 11.4 Å². The number of nitrogens with zero attached hydrogens (tertiary/aromatic N) is 1. The molecule has 1 aromatic carbocycles. The van der Waals surface area contributed by atoms with Crippen molar-refractivity contribution in [3.8, 4) is 5.75 Å². The highest BCUT2D eigenvalue weighted by Crippen LogP contribution is 2.15. The summed E-state index contributed by atoms with van der Waals surface area (Å²) in [5, 5.41) is 12.1. The smallest absolute Gasteiger partial charge is 0.271 e. The van der Waals surface area contributed by atoms with Crippen molar-refractivity contribution in [1.82, 2.24) is 14.6 Å². The molecule has 134 valence electrons. The zero-order valence-corrected chi connectivity index (χ0v) is 14.8. The number of rotatable bonds is 5. The summed E-state index contributed by atoms with van der Waals surface area (Å²) in [6.45, 7) is 1.56. The molecule has 0 saturated carbocycles. The Morgan fingerprint density at radius 3 is 2.56 bits per heavy atom. The molecule has 2 aromatic rings. The van der Waals surface area contributed by atoms with E-state index in [0.29, 0.717) is 0 Å². The molecule has 0 fully saturated rings. The summed E-state index contributed by atoms with van der Waals surface area (Å²) in [7, 11) is -0.969. The van der Waals surface area contributed by atoms with Crippen molar-refractivity contribution in [3.63, 3.8) is 0 Å². The second kappa shape index (κ2) is 7.08. The van der Waals surface area contributed by atoms with E-state index in [1.807, 2.05) is 0 Å². The zero-order chi connectivity index (χ0) is 18.8. The highest BCUT2D eigenvalue weighted by atomic mass is 32.2. The lowest BCUT2D eigenvalue weighted by molar-refractivity contribution is 0.0950.